The average Bonchev–Trinajstić information content (AvgIpc) is 2.32. The van der Waals surface area contributed by atoms with E-state index < -0.39 is 0 Å². The summed E-state index contributed by atoms with van der Waals surface area (Å²) in [6, 6.07) is 0.559. The van der Waals surface area contributed by atoms with E-state index in [1.54, 1.807) is 6.20 Å². The number of nitrogen functional groups attached to an aromatic ring is 1. The maximum atomic E-state index is 5.77. The highest BCUT2D eigenvalue weighted by Gasteiger charge is 2.18. The van der Waals surface area contributed by atoms with Gasteiger partial charge in [0.15, 0.2) is 11.6 Å². The van der Waals surface area contributed by atoms with E-state index in [0.29, 0.717) is 22.3 Å². The molecule has 0 aromatic carbocycles. The molecular formula is C11H18BrN5. The van der Waals surface area contributed by atoms with E-state index in [4.69, 9.17) is 5.73 Å². The highest BCUT2D eigenvalue weighted by atomic mass is 79.9. The van der Waals surface area contributed by atoms with Crippen molar-refractivity contribution in [2.75, 3.05) is 31.2 Å². The minimum Gasteiger partial charge on any atom is -0.381 e. The van der Waals surface area contributed by atoms with Crippen molar-refractivity contribution in [3.8, 4) is 0 Å². The van der Waals surface area contributed by atoms with Crippen LogP contribution in [0.3, 0.4) is 0 Å². The zero-order valence-corrected chi connectivity index (χ0v) is 11.6. The van der Waals surface area contributed by atoms with E-state index in [0.717, 1.165) is 6.54 Å². The van der Waals surface area contributed by atoms with Crippen molar-refractivity contribution in [1.29, 1.82) is 0 Å². The third-order valence-electron chi connectivity index (χ3n) is 3.20. The molecule has 6 heteroatoms. The number of anilines is 2. The molecule has 1 aliphatic heterocycles. The van der Waals surface area contributed by atoms with Gasteiger partial charge in [0.2, 0.25) is 0 Å². The Balaban J connectivity index is 1.94. The summed E-state index contributed by atoms with van der Waals surface area (Å²) >= 11 is 3.29. The number of hydrogen-bond donors (Lipinski definition) is 2. The molecule has 5 nitrogen and oxygen atoms in total. The number of likely N-dealkylation sites (N-methyl/N-ethyl adjacent to an activating group) is 1. The summed E-state index contributed by atoms with van der Waals surface area (Å²) in [6.07, 6.45) is 5.43. The van der Waals surface area contributed by atoms with Crippen molar-refractivity contribution < 1.29 is 0 Å². The lowest BCUT2D eigenvalue weighted by atomic mass is 10.0. The van der Waals surface area contributed by atoms with Crippen LogP contribution >= 0.6 is 15.9 Å². The Morgan fingerprint density at radius 1 is 1.59 bits per heavy atom. The van der Waals surface area contributed by atoms with Crippen LogP contribution in [-0.2, 0) is 0 Å². The maximum absolute atomic E-state index is 5.77. The van der Waals surface area contributed by atoms with Crippen molar-refractivity contribution in [3.05, 3.63) is 10.8 Å². The van der Waals surface area contributed by atoms with Gasteiger partial charge < -0.3 is 16.0 Å². The molecule has 0 bridgehead atoms. The number of nitrogens with two attached hydrogens (primary N) is 1. The predicted octanol–water partition coefficient (Wildman–Crippen LogP) is 1.72. The quantitative estimate of drug-likeness (QED) is 0.889. The molecule has 1 atom stereocenters. The smallest absolute Gasteiger partial charge is 0.170 e. The molecule has 2 heterocycles. The van der Waals surface area contributed by atoms with E-state index in [2.05, 4.69) is 43.2 Å². The lowest BCUT2D eigenvalue weighted by molar-refractivity contribution is 0.194. The van der Waals surface area contributed by atoms with E-state index in [1.165, 1.54) is 25.8 Å². The van der Waals surface area contributed by atoms with Crippen molar-refractivity contribution >= 4 is 27.6 Å². The number of rotatable bonds is 3. The molecule has 0 saturated carbocycles. The van der Waals surface area contributed by atoms with Gasteiger partial charge in [0.05, 0.1) is 6.20 Å². The fourth-order valence-electron chi connectivity index (χ4n) is 2.12. The molecule has 2 rings (SSSR count). The first-order chi connectivity index (χ1) is 8.16. The van der Waals surface area contributed by atoms with Crippen LogP contribution in [0.5, 0.6) is 0 Å². The first-order valence-corrected chi connectivity index (χ1v) is 6.68. The van der Waals surface area contributed by atoms with Gasteiger partial charge in [-0.2, -0.15) is 0 Å². The summed E-state index contributed by atoms with van der Waals surface area (Å²) in [5.41, 5.74) is 5.77. The summed E-state index contributed by atoms with van der Waals surface area (Å²) in [5.74, 6) is 1.12. The van der Waals surface area contributed by atoms with Crippen LogP contribution in [0.4, 0.5) is 11.6 Å². The van der Waals surface area contributed by atoms with Crippen LogP contribution in [0.15, 0.2) is 10.8 Å². The molecule has 0 amide bonds. The topological polar surface area (TPSA) is 67.1 Å². The molecular weight excluding hydrogens is 282 g/mol. The first-order valence-electron chi connectivity index (χ1n) is 5.89. The molecule has 1 aromatic rings. The fraction of sp³-hybridized carbons (Fsp3) is 0.636. The summed E-state index contributed by atoms with van der Waals surface area (Å²) in [4.78, 5) is 10.7. The fourth-order valence-corrected chi connectivity index (χ4v) is 2.40. The molecule has 0 radical (unpaired) electrons. The van der Waals surface area contributed by atoms with Crippen LogP contribution in [0, 0.1) is 0 Å². The van der Waals surface area contributed by atoms with Gasteiger partial charge in [0.25, 0.3) is 0 Å². The lowest BCUT2D eigenvalue weighted by Crippen LogP contribution is -2.40. The SMILES string of the molecule is CN1CCCCC1CNc1nc(Br)cnc1N. The zero-order valence-electron chi connectivity index (χ0n) is 9.99. The highest BCUT2D eigenvalue weighted by Crippen LogP contribution is 2.18. The minimum atomic E-state index is 0.451. The third kappa shape index (κ3) is 3.29. The second-order valence-electron chi connectivity index (χ2n) is 4.44. The van der Waals surface area contributed by atoms with Crippen molar-refractivity contribution in [1.82, 2.24) is 14.9 Å². The zero-order chi connectivity index (χ0) is 12.3. The Labute approximate surface area is 110 Å². The number of hydrogen-bond acceptors (Lipinski definition) is 5. The van der Waals surface area contributed by atoms with Gasteiger partial charge in [0.1, 0.15) is 4.60 Å². The maximum Gasteiger partial charge on any atom is 0.170 e. The van der Waals surface area contributed by atoms with Gasteiger partial charge in [-0.05, 0) is 42.4 Å². The Morgan fingerprint density at radius 2 is 2.41 bits per heavy atom. The number of halogens is 1. The van der Waals surface area contributed by atoms with Gasteiger partial charge in [-0.3, -0.25) is 0 Å². The van der Waals surface area contributed by atoms with Crippen LogP contribution < -0.4 is 11.1 Å². The van der Waals surface area contributed by atoms with Gasteiger partial charge in [-0.15, -0.1) is 0 Å². The standard InChI is InChI=1S/C11H18BrN5/c1-17-5-3-2-4-8(17)6-15-11-10(13)14-7-9(12)16-11/h7-8H,2-6H2,1H3,(H2,13,14)(H,15,16). The number of aromatic nitrogens is 2. The summed E-state index contributed by atoms with van der Waals surface area (Å²) in [7, 11) is 2.17. The van der Waals surface area contributed by atoms with E-state index in [9.17, 15) is 0 Å². The molecule has 0 aliphatic carbocycles. The molecule has 3 N–H and O–H groups in total. The van der Waals surface area contributed by atoms with Gasteiger partial charge in [0, 0.05) is 12.6 Å². The van der Waals surface area contributed by atoms with E-state index in [1.807, 2.05) is 0 Å². The average molecular weight is 300 g/mol. The molecule has 1 aliphatic rings. The van der Waals surface area contributed by atoms with Crippen molar-refractivity contribution in [2.45, 2.75) is 25.3 Å². The summed E-state index contributed by atoms with van der Waals surface area (Å²) in [5, 5.41) is 3.28. The van der Waals surface area contributed by atoms with Crippen molar-refractivity contribution in [2.24, 2.45) is 0 Å². The Kier molecular flexibility index (Phi) is 4.17. The van der Waals surface area contributed by atoms with Gasteiger partial charge >= 0.3 is 0 Å². The van der Waals surface area contributed by atoms with Crippen LogP contribution in [0.2, 0.25) is 0 Å². The number of piperidine rings is 1. The minimum absolute atomic E-state index is 0.451. The lowest BCUT2D eigenvalue weighted by Gasteiger charge is -2.32. The first kappa shape index (κ1) is 12.6. The Bertz CT molecular complexity index is 384. The van der Waals surface area contributed by atoms with E-state index in [-0.39, 0.29) is 0 Å². The molecule has 0 spiro atoms. The van der Waals surface area contributed by atoms with Crippen LogP contribution in [0.1, 0.15) is 19.3 Å². The number of nitrogens with one attached hydrogen (secondary N) is 1. The van der Waals surface area contributed by atoms with Crippen molar-refractivity contribution in [3.63, 3.8) is 0 Å². The molecule has 1 aromatic heterocycles. The number of likely N-dealkylation sites (tertiary alicyclic amines) is 1. The second-order valence-corrected chi connectivity index (χ2v) is 5.25. The number of nitrogens with zero attached hydrogens (tertiary/aromatic N) is 3. The Morgan fingerprint density at radius 3 is 3.18 bits per heavy atom. The van der Waals surface area contributed by atoms with Crippen LogP contribution in [0.25, 0.3) is 0 Å². The summed E-state index contributed by atoms with van der Waals surface area (Å²) < 4.78 is 0.700. The van der Waals surface area contributed by atoms with Crippen LogP contribution in [-0.4, -0.2) is 41.0 Å². The van der Waals surface area contributed by atoms with E-state index >= 15 is 0 Å². The molecule has 94 valence electrons. The summed E-state index contributed by atoms with van der Waals surface area (Å²) in [6.45, 7) is 2.04. The highest BCUT2D eigenvalue weighted by molar-refractivity contribution is 9.10. The second kappa shape index (κ2) is 5.64. The third-order valence-corrected chi connectivity index (χ3v) is 3.58. The molecule has 1 saturated heterocycles. The molecule has 17 heavy (non-hydrogen) atoms. The van der Waals surface area contributed by atoms with Gasteiger partial charge in [-0.1, -0.05) is 6.42 Å². The normalized spacial score (nSPS) is 21.4. The molecule has 1 fully saturated rings. The largest absolute Gasteiger partial charge is 0.381 e. The Hall–Kier alpha value is -0.880. The molecule has 1 unspecified atom stereocenters. The monoisotopic (exact) mass is 299 g/mol. The van der Waals surface area contributed by atoms with Gasteiger partial charge in [-0.25, -0.2) is 9.97 Å². The predicted molar refractivity (Wildman–Crippen MR) is 72.9 cm³/mol.